The van der Waals surface area contributed by atoms with Gasteiger partial charge in [0, 0.05) is 4.90 Å². The van der Waals surface area contributed by atoms with Gasteiger partial charge in [0.1, 0.15) is 5.25 Å². The van der Waals surface area contributed by atoms with Crippen molar-refractivity contribution in [2.24, 2.45) is 0 Å². The summed E-state index contributed by atoms with van der Waals surface area (Å²) < 4.78 is 24.9. The molecule has 29 heavy (non-hydrogen) atoms. The molecule has 2 aromatic rings. The van der Waals surface area contributed by atoms with E-state index in [9.17, 15) is 22.8 Å². The average molecular weight is 434 g/mol. The zero-order valence-corrected chi connectivity index (χ0v) is 17.5. The summed E-state index contributed by atoms with van der Waals surface area (Å²) in [5.41, 5.74) is 0.336. The second-order valence-electron chi connectivity index (χ2n) is 6.39. The maximum absolute atomic E-state index is 12.5. The Kier molecular flexibility index (Phi) is 6.09. The molecule has 152 valence electrons. The summed E-state index contributed by atoms with van der Waals surface area (Å²) in [6, 6.07) is 12.6. The smallest absolute Gasteiger partial charge is 0.328 e. The third kappa shape index (κ3) is 4.20. The first-order valence-electron chi connectivity index (χ1n) is 8.94. The number of hydroxylamine groups is 2. The molecule has 7 nitrogen and oxygen atoms in total. The molecule has 1 unspecified atom stereocenters. The third-order valence-corrected chi connectivity index (χ3v) is 7.49. The van der Waals surface area contributed by atoms with Crippen LogP contribution in [0.4, 0.5) is 0 Å². The van der Waals surface area contributed by atoms with E-state index in [1.165, 1.54) is 25.1 Å². The summed E-state index contributed by atoms with van der Waals surface area (Å²) in [6.45, 7) is 3.30. The van der Waals surface area contributed by atoms with Crippen LogP contribution in [0.15, 0.2) is 58.3 Å². The molecule has 0 aliphatic carbocycles. The van der Waals surface area contributed by atoms with Crippen molar-refractivity contribution in [3.05, 3.63) is 59.7 Å². The van der Waals surface area contributed by atoms with Crippen molar-refractivity contribution in [1.29, 1.82) is 0 Å². The lowest BCUT2D eigenvalue weighted by Gasteiger charge is -2.17. The van der Waals surface area contributed by atoms with Crippen molar-refractivity contribution in [3.63, 3.8) is 0 Å². The monoisotopic (exact) mass is 433 g/mol. The topological polar surface area (TPSA) is 97.8 Å². The fourth-order valence-electron chi connectivity index (χ4n) is 2.84. The third-order valence-electron chi connectivity index (χ3n) is 4.23. The van der Waals surface area contributed by atoms with Crippen LogP contribution in [0.25, 0.3) is 0 Å². The van der Waals surface area contributed by atoms with Gasteiger partial charge in [0.25, 0.3) is 11.8 Å². The van der Waals surface area contributed by atoms with Crippen LogP contribution in [0.3, 0.4) is 0 Å². The fourth-order valence-corrected chi connectivity index (χ4v) is 5.64. The van der Waals surface area contributed by atoms with Crippen molar-refractivity contribution in [2.75, 3.05) is 5.75 Å². The van der Waals surface area contributed by atoms with Crippen molar-refractivity contribution in [2.45, 2.75) is 35.3 Å². The van der Waals surface area contributed by atoms with Crippen molar-refractivity contribution < 1.29 is 27.6 Å². The molecule has 1 atom stereocenters. The first-order valence-corrected chi connectivity index (χ1v) is 11.5. The molecule has 0 N–H and O–H groups in total. The highest BCUT2D eigenvalue weighted by atomic mass is 32.2. The number of carbonyl (C=O) groups excluding carboxylic acids is 3. The number of carbonyl (C=O) groups is 3. The van der Waals surface area contributed by atoms with Crippen molar-refractivity contribution in [1.82, 2.24) is 5.06 Å². The SMILES string of the molecule is CCCS(=O)(=O)c1ccccc1SC(C)C(=O)ON1C(=O)c2ccccc2C1=O. The van der Waals surface area contributed by atoms with Crippen LogP contribution in [-0.2, 0) is 19.5 Å². The summed E-state index contributed by atoms with van der Waals surface area (Å²) in [4.78, 5) is 42.7. The second kappa shape index (κ2) is 8.38. The van der Waals surface area contributed by atoms with Gasteiger partial charge in [-0.05, 0) is 37.6 Å². The average Bonchev–Trinajstić information content (AvgIpc) is 2.93. The molecule has 1 heterocycles. The number of rotatable bonds is 7. The lowest BCUT2D eigenvalue weighted by Crippen LogP contribution is -2.35. The Morgan fingerprint density at radius 2 is 1.59 bits per heavy atom. The van der Waals surface area contributed by atoms with Gasteiger partial charge in [-0.2, -0.15) is 0 Å². The van der Waals surface area contributed by atoms with Crippen LogP contribution in [0.1, 0.15) is 41.0 Å². The lowest BCUT2D eigenvalue weighted by molar-refractivity contribution is -0.167. The molecule has 2 amide bonds. The summed E-state index contributed by atoms with van der Waals surface area (Å²) >= 11 is 0.998. The first kappa shape index (κ1) is 21.1. The number of amides is 2. The molecule has 0 aromatic heterocycles. The van der Waals surface area contributed by atoms with E-state index in [1.807, 2.05) is 0 Å². The van der Waals surface area contributed by atoms with E-state index in [4.69, 9.17) is 4.84 Å². The molecular formula is C20H19NO6S2. The van der Waals surface area contributed by atoms with E-state index in [1.54, 1.807) is 37.3 Å². The Morgan fingerprint density at radius 1 is 1.03 bits per heavy atom. The standard InChI is InChI=1S/C20H19NO6S2/c1-3-12-29(25,26)17-11-7-6-10-16(17)28-13(2)20(24)27-21-18(22)14-8-4-5-9-15(14)19(21)23/h4-11,13H,3,12H2,1-2H3. The van der Waals surface area contributed by atoms with Gasteiger partial charge in [-0.15, -0.1) is 11.8 Å². The normalized spacial score (nSPS) is 14.6. The van der Waals surface area contributed by atoms with Gasteiger partial charge in [-0.25, -0.2) is 13.2 Å². The number of imide groups is 1. The number of thioether (sulfide) groups is 1. The summed E-state index contributed by atoms with van der Waals surface area (Å²) in [5.74, 6) is -2.24. The maximum Gasteiger partial charge on any atom is 0.346 e. The Bertz CT molecular complexity index is 1040. The summed E-state index contributed by atoms with van der Waals surface area (Å²) in [5, 5.41) is -0.402. The molecule has 0 spiro atoms. The van der Waals surface area contributed by atoms with Gasteiger partial charge in [-0.3, -0.25) is 9.59 Å². The van der Waals surface area contributed by atoms with Crippen LogP contribution in [0.2, 0.25) is 0 Å². The van der Waals surface area contributed by atoms with Crippen LogP contribution < -0.4 is 0 Å². The molecule has 9 heteroatoms. The zero-order valence-electron chi connectivity index (χ0n) is 15.8. The second-order valence-corrected chi connectivity index (χ2v) is 9.85. The van der Waals surface area contributed by atoms with Gasteiger partial charge < -0.3 is 4.84 Å². The quantitative estimate of drug-likeness (QED) is 0.489. The Hall–Kier alpha value is -2.65. The van der Waals surface area contributed by atoms with Crippen molar-refractivity contribution in [3.8, 4) is 0 Å². The van der Waals surface area contributed by atoms with E-state index >= 15 is 0 Å². The summed E-state index contributed by atoms with van der Waals surface area (Å²) in [7, 11) is -3.48. The maximum atomic E-state index is 12.5. The van der Waals surface area contributed by atoms with E-state index in [-0.39, 0.29) is 21.8 Å². The number of benzene rings is 2. The predicted molar refractivity (Wildman–Crippen MR) is 107 cm³/mol. The molecule has 0 saturated carbocycles. The zero-order chi connectivity index (χ0) is 21.2. The Morgan fingerprint density at radius 3 is 2.17 bits per heavy atom. The van der Waals surface area contributed by atoms with E-state index < -0.39 is 32.9 Å². The molecule has 1 aliphatic heterocycles. The van der Waals surface area contributed by atoms with Crippen LogP contribution in [0.5, 0.6) is 0 Å². The van der Waals surface area contributed by atoms with Gasteiger partial charge in [0.2, 0.25) is 0 Å². The number of hydrogen-bond acceptors (Lipinski definition) is 7. The minimum atomic E-state index is -3.48. The Balaban J connectivity index is 1.75. The minimum Gasteiger partial charge on any atom is -0.328 e. The highest BCUT2D eigenvalue weighted by Crippen LogP contribution is 2.32. The minimum absolute atomic E-state index is 0.00155. The van der Waals surface area contributed by atoms with E-state index in [0.717, 1.165) is 11.8 Å². The van der Waals surface area contributed by atoms with E-state index in [0.29, 0.717) is 16.4 Å². The Labute approximate surface area is 172 Å². The largest absolute Gasteiger partial charge is 0.346 e. The molecule has 0 saturated heterocycles. The number of sulfone groups is 1. The van der Waals surface area contributed by atoms with Gasteiger partial charge in [0.15, 0.2) is 9.84 Å². The van der Waals surface area contributed by atoms with Gasteiger partial charge in [-0.1, -0.05) is 36.3 Å². The molecule has 0 radical (unpaired) electrons. The molecule has 1 aliphatic rings. The number of fused-ring (bicyclic) bond motifs is 1. The molecule has 0 bridgehead atoms. The van der Waals surface area contributed by atoms with Crippen LogP contribution in [0, 0.1) is 0 Å². The highest BCUT2D eigenvalue weighted by molar-refractivity contribution is 8.01. The molecule has 3 rings (SSSR count). The van der Waals surface area contributed by atoms with Crippen LogP contribution >= 0.6 is 11.8 Å². The van der Waals surface area contributed by atoms with Gasteiger partial charge >= 0.3 is 5.97 Å². The fraction of sp³-hybridized carbons (Fsp3) is 0.250. The number of hydrogen-bond donors (Lipinski definition) is 0. The predicted octanol–water partition coefficient (Wildman–Crippen LogP) is 3.11. The molecular weight excluding hydrogens is 414 g/mol. The molecule has 0 fully saturated rings. The van der Waals surface area contributed by atoms with E-state index in [2.05, 4.69) is 0 Å². The van der Waals surface area contributed by atoms with Crippen molar-refractivity contribution >= 4 is 39.4 Å². The van der Waals surface area contributed by atoms with Gasteiger partial charge in [0.05, 0.1) is 21.8 Å². The summed E-state index contributed by atoms with van der Waals surface area (Å²) in [6.07, 6.45) is 0.471. The van der Waals surface area contributed by atoms with Crippen LogP contribution in [-0.4, -0.2) is 42.3 Å². The first-order chi connectivity index (χ1) is 13.8. The number of nitrogens with zero attached hydrogens (tertiary/aromatic N) is 1. The highest BCUT2D eigenvalue weighted by Gasteiger charge is 2.39. The lowest BCUT2D eigenvalue weighted by atomic mass is 10.1. The molecule has 2 aromatic carbocycles.